The highest BCUT2D eigenvalue weighted by Crippen LogP contribution is 2.30. The molecule has 3 aromatic rings. The number of piperazine rings is 1. The highest BCUT2D eigenvalue weighted by molar-refractivity contribution is 5.91. The Hall–Kier alpha value is -5.05. The van der Waals surface area contributed by atoms with Gasteiger partial charge in [-0.05, 0) is 41.0 Å². The standard InChI is InChI=1S/C35H38N6O5/c1-2-15-39-25-33(43)40-31(21-26-11-13-30(42)14-12-26)34(44)38(23-28-9-6-10-29(20-28)37-16-18-46-19-17-37)24-32(40)41(39)35(45)36-22-27-7-4-3-5-8-27/h1,3-14,20,31-32,42H,15-19,21-25H2,(H,36,45)/t31-,32-/m0/s1. The first-order valence-corrected chi connectivity index (χ1v) is 15.5. The lowest BCUT2D eigenvalue weighted by molar-refractivity contribution is -0.189. The van der Waals surface area contributed by atoms with Gasteiger partial charge in [0.1, 0.15) is 18.0 Å². The summed E-state index contributed by atoms with van der Waals surface area (Å²) in [5.41, 5.74) is 3.71. The Kier molecular flexibility index (Phi) is 9.38. The van der Waals surface area contributed by atoms with Crippen LogP contribution in [-0.4, -0.2) is 101 Å². The number of phenols is 1. The Bertz CT molecular complexity index is 1590. The van der Waals surface area contributed by atoms with Crippen molar-refractivity contribution in [2.75, 3.05) is 50.8 Å². The van der Waals surface area contributed by atoms with Crippen molar-refractivity contribution in [1.29, 1.82) is 0 Å². The first-order valence-electron chi connectivity index (χ1n) is 15.5. The summed E-state index contributed by atoms with van der Waals surface area (Å²) in [6.07, 6.45) is 5.14. The summed E-state index contributed by atoms with van der Waals surface area (Å²) in [5, 5.41) is 15.9. The van der Waals surface area contributed by atoms with E-state index in [1.165, 1.54) is 5.01 Å². The number of morpholine rings is 1. The van der Waals surface area contributed by atoms with Gasteiger partial charge in [0, 0.05) is 38.3 Å². The minimum absolute atomic E-state index is 0.0486. The largest absolute Gasteiger partial charge is 0.508 e. The van der Waals surface area contributed by atoms with Crippen LogP contribution < -0.4 is 10.2 Å². The second kappa shape index (κ2) is 13.9. The second-order valence-corrected chi connectivity index (χ2v) is 11.7. The van der Waals surface area contributed by atoms with E-state index in [-0.39, 0.29) is 50.2 Å². The minimum atomic E-state index is -0.865. The van der Waals surface area contributed by atoms with Crippen molar-refractivity contribution in [3.8, 4) is 18.1 Å². The number of carbonyl (C=O) groups is 3. The molecule has 3 fully saturated rings. The smallest absolute Gasteiger partial charge is 0.334 e. The van der Waals surface area contributed by atoms with Crippen LogP contribution in [0.3, 0.4) is 0 Å². The number of aromatic hydroxyl groups is 1. The molecule has 2 N–H and O–H groups in total. The van der Waals surface area contributed by atoms with Crippen molar-refractivity contribution in [1.82, 2.24) is 25.1 Å². The van der Waals surface area contributed by atoms with Gasteiger partial charge in [0.05, 0.1) is 32.8 Å². The Balaban J connectivity index is 1.32. The zero-order valence-electron chi connectivity index (χ0n) is 25.6. The summed E-state index contributed by atoms with van der Waals surface area (Å²) in [4.78, 5) is 47.5. The van der Waals surface area contributed by atoms with Crippen LogP contribution in [0.5, 0.6) is 5.75 Å². The number of phenolic OH excluding ortho intramolecular Hbond substituents is 1. The Morgan fingerprint density at radius 3 is 2.43 bits per heavy atom. The Morgan fingerprint density at radius 2 is 1.70 bits per heavy atom. The van der Waals surface area contributed by atoms with Crippen LogP contribution in [0.2, 0.25) is 0 Å². The number of nitrogens with zero attached hydrogens (tertiary/aromatic N) is 5. The van der Waals surface area contributed by atoms with Gasteiger partial charge in [0.2, 0.25) is 11.8 Å². The van der Waals surface area contributed by atoms with Gasteiger partial charge in [-0.3, -0.25) is 9.59 Å². The van der Waals surface area contributed by atoms with E-state index in [4.69, 9.17) is 11.2 Å². The van der Waals surface area contributed by atoms with Crippen LogP contribution in [0.4, 0.5) is 10.5 Å². The van der Waals surface area contributed by atoms with Crippen LogP contribution >= 0.6 is 0 Å². The highest BCUT2D eigenvalue weighted by Gasteiger charge is 2.51. The number of hydrazine groups is 1. The fourth-order valence-corrected chi connectivity index (χ4v) is 6.38. The summed E-state index contributed by atoms with van der Waals surface area (Å²) in [7, 11) is 0. The molecule has 3 aromatic carbocycles. The first kappa shape index (κ1) is 31.0. The van der Waals surface area contributed by atoms with Crippen LogP contribution in [0.25, 0.3) is 0 Å². The maximum absolute atomic E-state index is 14.3. The van der Waals surface area contributed by atoms with Gasteiger partial charge in [0.15, 0.2) is 0 Å². The molecular weight excluding hydrogens is 584 g/mol. The molecule has 3 aliphatic heterocycles. The van der Waals surface area contributed by atoms with E-state index in [1.807, 2.05) is 42.5 Å². The predicted molar refractivity (Wildman–Crippen MR) is 172 cm³/mol. The number of rotatable bonds is 8. The average Bonchev–Trinajstić information content (AvgIpc) is 3.07. The van der Waals surface area contributed by atoms with Gasteiger partial charge in [-0.2, -0.15) is 5.01 Å². The summed E-state index contributed by atoms with van der Waals surface area (Å²) >= 11 is 0. The van der Waals surface area contributed by atoms with Gasteiger partial charge < -0.3 is 29.9 Å². The van der Waals surface area contributed by atoms with Gasteiger partial charge >= 0.3 is 6.03 Å². The van der Waals surface area contributed by atoms with Gasteiger partial charge in [-0.15, -0.1) is 6.42 Å². The number of hydrogen-bond acceptors (Lipinski definition) is 7. The Labute approximate surface area is 268 Å². The van der Waals surface area contributed by atoms with Crippen molar-refractivity contribution in [2.45, 2.75) is 31.7 Å². The van der Waals surface area contributed by atoms with Gasteiger partial charge in [-0.1, -0.05) is 60.5 Å². The molecule has 2 atom stereocenters. The number of amides is 4. The molecule has 3 aliphatic rings. The molecule has 3 saturated heterocycles. The van der Waals surface area contributed by atoms with Crippen molar-refractivity contribution in [3.05, 3.63) is 95.6 Å². The van der Waals surface area contributed by atoms with E-state index in [9.17, 15) is 19.5 Å². The summed E-state index contributed by atoms with van der Waals surface area (Å²) in [6, 6.07) is 23.0. The third-order valence-corrected chi connectivity index (χ3v) is 8.62. The monoisotopic (exact) mass is 622 g/mol. The molecule has 0 spiro atoms. The van der Waals surface area contributed by atoms with Crippen molar-refractivity contribution in [2.24, 2.45) is 0 Å². The van der Waals surface area contributed by atoms with Crippen molar-refractivity contribution in [3.63, 3.8) is 0 Å². The minimum Gasteiger partial charge on any atom is -0.508 e. The molecular formula is C35H38N6O5. The van der Waals surface area contributed by atoms with E-state index in [0.717, 1.165) is 35.5 Å². The molecule has 0 radical (unpaired) electrons. The normalized spacial score (nSPS) is 20.3. The van der Waals surface area contributed by atoms with Gasteiger partial charge in [-0.25, -0.2) is 9.80 Å². The van der Waals surface area contributed by atoms with E-state index < -0.39 is 18.2 Å². The molecule has 11 nitrogen and oxygen atoms in total. The molecule has 0 aromatic heterocycles. The third-order valence-electron chi connectivity index (χ3n) is 8.62. The number of terminal acetylenes is 1. The van der Waals surface area contributed by atoms with Crippen LogP contribution in [0, 0.1) is 12.3 Å². The summed E-state index contributed by atoms with van der Waals surface area (Å²) in [6.45, 7) is 3.51. The fourth-order valence-electron chi connectivity index (χ4n) is 6.38. The quantitative estimate of drug-likeness (QED) is 0.372. The topological polar surface area (TPSA) is 109 Å². The second-order valence-electron chi connectivity index (χ2n) is 11.7. The predicted octanol–water partition coefficient (Wildman–Crippen LogP) is 2.41. The number of nitrogens with one attached hydrogen (secondary N) is 1. The third kappa shape index (κ3) is 6.78. The highest BCUT2D eigenvalue weighted by atomic mass is 16.5. The SMILES string of the molecule is C#CCN1CC(=O)N2[C@@H](Cc3ccc(O)cc3)C(=O)N(Cc3cccc(N4CCOCC4)c3)C[C@@H]2N1C(=O)NCc1ccccc1. The van der Waals surface area contributed by atoms with Crippen LogP contribution in [0.15, 0.2) is 78.9 Å². The molecule has 46 heavy (non-hydrogen) atoms. The van der Waals surface area contributed by atoms with Crippen LogP contribution in [-0.2, 0) is 33.8 Å². The zero-order valence-corrected chi connectivity index (χ0v) is 25.6. The summed E-state index contributed by atoms with van der Waals surface area (Å²) in [5.74, 6) is 2.21. The number of hydrogen-bond donors (Lipinski definition) is 2. The number of fused-ring (bicyclic) bond motifs is 1. The van der Waals surface area contributed by atoms with E-state index in [2.05, 4.69) is 28.3 Å². The zero-order chi connectivity index (χ0) is 32.0. The maximum Gasteiger partial charge on any atom is 0.334 e. The molecule has 0 aliphatic carbocycles. The number of ether oxygens (including phenoxy) is 1. The lowest BCUT2D eigenvalue weighted by Gasteiger charge is -2.55. The molecule has 0 unspecified atom stereocenters. The Morgan fingerprint density at radius 1 is 0.957 bits per heavy atom. The molecule has 3 heterocycles. The number of urea groups is 1. The van der Waals surface area contributed by atoms with Crippen molar-refractivity contribution >= 4 is 23.5 Å². The van der Waals surface area contributed by atoms with E-state index in [0.29, 0.717) is 19.8 Å². The number of carbonyl (C=O) groups excluding carboxylic acids is 3. The molecule has 4 amide bonds. The number of anilines is 1. The average molecular weight is 623 g/mol. The van der Waals surface area contributed by atoms with E-state index >= 15 is 0 Å². The lowest BCUT2D eigenvalue weighted by Crippen LogP contribution is -2.76. The fraction of sp³-hybridized carbons (Fsp3) is 0.343. The first-order chi connectivity index (χ1) is 22.4. The molecule has 0 bridgehead atoms. The molecule has 238 valence electrons. The molecule has 11 heteroatoms. The lowest BCUT2D eigenvalue weighted by atomic mass is 9.98. The van der Waals surface area contributed by atoms with Crippen LogP contribution in [0.1, 0.15) is 16.7 Å². The molecule has 0 saturated carbocycles. The summed E-state index contributed by atoms with van der Waals surface area (Å²) < 4.78 is 5.52. The van der Waals surface area contributed by atoms with Gasteiger partial charge in [0.25, 0.3) is 0 Å². The molecule has 6 rings (SSSR count). The number of benzene rings is 3. The van der Waals surface area contributed by atoms with Crippen molar-refractivity contribution < 1.29 is 24.2 Å². The van der Waals surface area contributed by atoms with E-state index in [1.54, 1.807) is 39.1 Å². The maximum atomic E-state index is 14.3.